The maximum Gasteiger partial charge on any atom is 0.357 e. The lowest BCUT2D eigenvalue weighted by atomic mass is 10.4. The predicted molar refractivity (Wildman–Crippen MR) is 50.0 cm³/mol. The minimum Gasteiger partial charge on any atom is -0.461 e. The summed E-state index contributed by atoms with van der Waals surface area (Å²) < 4.78 is 4.65. The molecule has 78 valence electrons. The second-order valence-electron chi connectivity index (χ2n) is 2.44. The third-order valence-corrected chi connectivity index (χ3v) is 1.40. The molecule has 0 saturated heterocycles. The molecule has 1 heterocycles. The Morgan fingerprint density at radius 3 is 3.13 bits per heavy atom. The van der Waals surface area contributed by atoms with Crippen LogP contribution >= 0.6 is 0 Å². The molecule has 2 N–H and O–H groups in total. The SMILES string of the molecule is CCOC(=O)c1cc(=O)[nH]c(NC#N)n1. The molecular weight excluding hydrogens is 200 g/mol. The summed E-state index contributed by atoms with van der Waals surface area (Å²) in [5.41, 5.74) is -0.677. The van der Waals surface area contributed by atoms with Crippen LogP contribution in [0.15, 0.2) is 10.9 Å². The van der Waals surface area contributed by atoms with Gasteiger partial charge < -0.3 is 4.74 Å². The van der Waals surface area contributed by atoms with Crippen molar-refractivity contribution < 1.29 is 9.53 Å². The van der Waals surface area contributed by atoms with E-state index in [0.29, 0.717) is 0 Å². The van der Waals surface area contributed by atoms with Crippen molar-refractivity contribution >= 4 is 11.9 Å². The minimum atomic E-state index is -0.704. The van der Waals surface area contributed by atoms with Crippen LogP contribution in [-0.4, -0.2) is 22.5 Å². The molecule has 7 heteroatoms. The number of ether oxygens (including phenoxy) is 1. The van der Waals surface area contributed by atoms with Gasteiger partial charge in [0.05, 0.1) is 6.61 Å². The van der Waals surface area contributed by atoms with E-state index in [2.05, 4.69) is 20.0 Å². The lowest BCUT2D eigenvalue weighted by Gasteiger charge is -2.01. The summed E-state index contributed by atoms with van der Waals surface area (Å²) >= 11 is 0. The van der Waals surface area contributed by atoms with Crippen molar-refractivity contribution in [1.29, 1.82) is 5.26 Å². The van der Waals surface area contributed by atoms with E-state index in [1.54, 1.807) is 13.1 Å². The molecule has 0 aliphatic carbocycles. The van der Waals surface area contributed by atoms with Crippen molar-refractivity contribution in [2.45, 2.75) is 6.92 Å². The quantitative estimate of drug-likeness (QED) is 0.406. The number of rotatable bonds is 3. The molecule has 0 bridgehead atoms. The smallest absolute Gasteiger partial charge is 0.357 e. The summed E-state index contributed by atoms with van der Waals surface area (Å²) in [6, 6.07) is 1.00. The van der Waals surface area contributed by atoms with Crippen LogP contribution in [-0.2, 0) is 4.74 Å². The van der Waals surface area contributed by atoms with Crippen molar-refractivity contribution in [3.63, 3.8) is 0 Å². The van der Waals surface area contributed by atoms with Gasteiger partial charge in [-0.2, -0.15) is 5.26 Å². The van der Waals surface area contributed by atoms with Gasteiger partial charge in [-0.05, 0) is 6.92 Å². The van der Waals surface area contributed by atoms with Crippen LogP contribution in [0.4, 0.5) is 5.95 Å². The first-order valence-corrected chi connectivity index (χ1v) is 4.11. The molecule has 0 aliphatic heterocycles. The van der Waals surface area contributed by atoms with Gasteiger partial charge in [0.1, 0.15) is 0 Å². The molecule has 0 spiro atoms. The lowest BCUT2D eigenvalue weighted by molar-refractivity contribution is 0.0519. The van der Waals surface area contributed by atoms with E-state index in [1.807, 2.05) is 0 Å². The minimum absolute atomic E-state index is 0.0898. The molecule has 15 heavy (non-hydrogen) atoms. The van der Waals surface area contributed by atoms with Gasteiger partial charge in [0.15, 0.2) is 11.9 Å². The number of anilines is 1. The van der Waals surface area contributed by atoms with Crippen molar-refractivity contribution in [1.82, 2.24) is 9.97 Å². The number of nitriles is 1. The summed E-state index contributed by atoms with van der Waals surface area (Å²) in [5.74, 6) is -0.794. The molecule has 0 unspecified atom stereocenters. The number of hydrogen-bond donors (Lipinski definition) is 2. The van der Waals surface area contributed by atoms with Crippen LogP contribution in [0.2, 0.25) is 0 Å². The molecule has 0 radical (unpaired) electrons. The highest BCUT2D eigenvalue weighted by Gasteiger charge is 2.10. The largest absolute Gasteiger partial charge is 0.461 e. The maximum atomic E-state index is 11.2. The Balaban J connectivity index is 3.04. The number of nitrogens with one attached hydrogen (secondary N) is 2. The average molecular weight is 208 g/mol. The van der Waals surface area contributed by atoms with Crippen molar-refractivity contribution in [3.8, 4) is 6.19 Å². The summed E-state index contributed by atoms with van der Waals surface area (Å²) in [6.07, 6.45) is 1.57. The zero-order chi connectivity index (χ0) is 11.3. The normalized spacial score (nSPS) is 9.07. The van der Waals surface area contributed by atoms with E-state index in [4.69, 9.17) is 5.26 Å². The molecule has 0 aliphatic rings. The zero-order valence-electron chi connectivity index (χ0n) is 7.90. The number of hydrogen-bond acceptors (Lipinski definition) is 6. The molecule has 0 fully saturated rings. The Morgan fingerprint density at radius 2 is 2.53 bits per heavy atom. The van der Waals surface area contributed by atoms with Gasteiger partial charge in [-0.15, -0.1) is 0 Å². The van der Waals surface area contributed by atoms with Crippen LogP contribution in [0.5, 0.6) is 0 Å². The van der Waals surface area contributed by atoms with Gasteiger partial charge >= 0.3 is 5.97 Å². The zero-order valence-corrected chi connectivity index (χ0v) is 7.90. The standard InChI is InChI=1S/C8H8N4O3/c1-2-15-7(14)5-3-6(13)12-8(11-5)10-4-9/h3H,2H2,1H3,(H2,10,11,12,13). The van der Waals surface area contributed by atoms with Crippen LogP contribution < -0.4 is 10.9 Å². The first-order valence-electron chi connectivity index (χ1n) is 4.11. The summed E-state index contributed by atoms with van der Waals surface area (Å²) in [6.45, 7) is 1.83. The highest BCUT2D eigenvalue weighted by atomic mass is 16.5. The monoisotopic (exact) mass is 208 g/mol. The second-order valence-corrected chi connectivity index (χ2v) is 2.44. The van der Waals surface area contributed by atoms with Crippen LogP contribution in [0.3, 0.4) is 0 Å². The molecule has 0 atom stereocenters. The van der Waals surface area contributed by atoms with Gasteiger partial charge in [0.25, 0.3) is 5.56 Å². The molecule has 1 aromatic heterocycles. The Labute approximate surface area is 84.7 Å². The lowest BCUT2D eigenvalue weighted by Crippen LogP contribution is -2.16. The summed E-state index contributed by atoms with van der Waals surface area (Å²) in [5, 5.41) is 10.4. The van der Waals surface area contributed by atoms with Gasteiger partial charge in [-0.3, -0.25) is 15.1 Å². The number of carbonyl (C=O) groups excluding carboxylic acids is 1. The maximum absolute atomic E-state index is 11.2. The van der Waals surface area contributed by atoms with E-state index in [0.717, 1.165) is 6.07 Å². The number of carbonyl (C=O) groups is 1. The van der Waals surface area contributed by atoms with Crippen LogP contribution in [0.25, 0.3) is 0 Å². The fourth-order valence-corrected chi connectivity index (χ4v) is 0.879. The molecule has 0 saturated carbocycles. The molecule has 1 aromatic rings. The fraction of sp³-hybridized carbons (Fsp3) is 0.250. The number of esters is 1. The molecule has 7 nitrogen and oxygen atoms in total. The van der Waals surface area contributed by atoms with E-state index in [-0.39, 0.29) is 18.2 Å². The van der Waals surface area contributed by atoms with Gasteiger partial charge in [0.2, 0.25) is 5.95 Å². The van der Waals surface area contributed by atoms with E-state index in [1.165, 1.54) is 0 Å². The highest BCUT2D eigenvalue weighted by molar-refractivity contribution is 5.87. The molecule has 1 rings (SSSR count). The van der Waals surface area contributed by atoms with E-state index < -0.39 is 11.5 Å². The second kappa shape index (κ2) is 4.76. The Kier molecular flexibility index (Phi) is 3.40. The van der Waals surface area contributed by atoms with E-state index >= 15 is 0 Å². The third-order valence-electron chi connectivity index (χ3n) is 1.40. The van der Waals surface area contributed by atoms with Crippen LogP contribution in [0.1, 0.15) is 17.4 Å². The Bertz CT molecular complexity index is 460. The topological polar surface area (TPSA) is 108 Å². The van der Waals surface area contributed by atoms with Crippen molar-refractivity contribution in [2.24, 2.45) is 0 Å². The average Bonchev–Trinajstić information content (AvgIpc) is 2.17. The highest BCUT2D eigenvalue weighted by Crippen LogP contribution is 1.98. The van der Waals surface area contributed by atoms with Crippen molar-refractivity contribution in [2.75, 3.05) is 11.9 Å². The Morgan fingerprint density at radius 1 is 1.80 bits per heavy atom. The number of nitrogens with zero attached hydrogens (tertiary/aromatic N) is 2. The summed E-state index contributed by atoms with van der Waals surface area (Å²) in [4.78, 5) is 28.2. The molecular formula is C8H8N4O3. The van der Waals surface area contributed by atoms with Crippen LogP contribution in [0, 0.1) is 11.5 Å². The third kappa shape index (κ3) is 2.80. The van der Waals surface area contributed by atoms with Crippen molar-refractivity contribution in [3.05, 3.63) is 22.1 Å². The molecule has 0 aromatic carbocycles. The fourth-order valence-electron chi connectivity index (χ4n) is 0.879. The predicted octanol–water partition coefficient (Wildman–Crippen LogP) is -0.160. The van der Waals surface area contributed by atoms with Gasteiger partial charge in [0, 0.05) is 6.07 Å². The van der Waals surface area contributed by atoms with E-state index in [9.17, 15) is 9.59 Å². The van der Waals surface area contributed by atoms with Gasteiger partial charge in [-0.25, -0.2) is 9.78 Å². The Hall–Kier alpha value is -2.36. The van der Waals surface area contributed by atoms with Gasteiger partial charge in [-0.1, -0.05) is 0 Å². The molecule has 0 amide bonds. The number of aromatic amines is 1. The number of aromatic nitrogens is 2. The first kappa shape index (κ1) is 10.7. The number of H-pyrrole nitrogens is 1. The summed E-state index contributed by atoms with van der Waals surface area (Å²) in [7, 11) is 0. The first-order chi connectivity index (χ1) is 7.17.